The molecule has 5 nitrogen and oxygen atoms in total. The highest BCUT2D eigenvalue weighted by molar-refractivity contribution is 5.76. The predicted molar refractivity (Wildman–Crippen MR) is 76.5 cm³/mol. The Labute approximate surface area is 120 Å². The van der Waals surface area contributed by atoms with Gasteiger partial charge in [0, 0.05) is 19.1 Å². The monoisotopic (exact) mass is 282 g/mol. The van der Waals surface area contributed by atoms with Crippen molar-refractivity contribution in [1.29, 1.82) is 0 Å². The molecule has 2 amide bonds. The number of carbonyl (C=O) groups excluding carboxylic acids is 1. The van der Waals surface area contributed by atoms with Gasteiger partial charge in [0.25, 0.3) is 0 Å². The van der Waals surface area contributed by atoms with Gasteiger partial charge in [-0.3, -0.25) is 4.79 Å². The summed E-state index contributed by atoms with van der Waals surface area (Å²) in [6, 6.07) is 0.171. The van der Waals surface area contributed by atoms with Crippen molar-refractivity contribution >= 4 is 12.0 Å². The van der Waals surface area contributed by atoms with Crippen LogP contribution in [-0.4, -0.2) is 41.1 Å². The third kappa shape index (κ3) is 3.87. The second-order valence-electron chi connectivity index (χ2n) is 6.29. The largest absolute Gasteiger partial charge is 0.481 e. The van der Waals surface area contributed by atoms with E-state index in [0.29, 0.717) is 25.4 Å². The minimum atomic E-state index is -0.787. The molecular formula is C15H26N2O3. The fraction of sp³-hybridized carbons (Fsp3) is 0.867. The summed E-state index contributed by atoms with van der Waals surface area (Å²) in [6.07, 6.45) is 7.35. The van der Waals surface area contributed by atoms with Gasteiger partial charge in [-0.15, -0.1) is 0 Å². The lowest BCUT2D eigenvalue weighted by molar-refractivity contribution is -0.143. The quantitative estimate of drug-likeness (QED) is 0.764. The van der Waals surface area contributed by atoms with Gasteiger partial charge in [0.05, 0.1) is 5.92 Å². The molecule has 1 saturated carbocycles. The number of urea groups is 1. The van der Waals surface area contributed by atoms with E-state index in [-0.39, 0.29) is 12.1 Å². The number of rotatable bonds is 2. The normalized spacial score (nSPS) is 31.4. The Morgan fingerprint density at radius 2 is 1.85 bits per heavy atom. The third-order valence-electron chi connectivity index (χ3n) is 4.73. The maximum atomic E-state index is 12.3. The summed E-state index contributed by atoms with van der Waals surface area (Å²) in [6.45, 7) is 3.23. The molecule has 1 heterocycles. The molecule has 2 aliphatic rings. The van der Waals surface area contributed by atoms with E-state index in [1.54, 1.807) is 4.90 Å². The van der Waals surface area contributed by atoms with Gasteiger partial charge in [-0.25, -0.2) is 4.79 Å². The molecule has 1 aliphatic heterocycles. The summed E-state index contributed by atoms with van der Waals surface area (Å²) in [5.41, 5.74) is 0. The van der Waals surface area contributed by atoms with Crippen LogP contribution in [0.25, 0.3) is 0 Å². The lowest BCUT2D eigenvalue weighted by atomic mass is 9.96. The molecule has 1 saturated heterocycles. The summed E-state index contributed by atoms with van der Waals surface area (Å²) in [4.78, 5) is 25.0. The zero-order chi connectivity index (χ0) is 14.5. The predicted octanol–water partition coefficient (Wildman–Crippen LogP) is 2.46. The van der Waals surface area contributed by atoms with Crippen molar-refractivity contribution in [2.24, 2.45) is 11.8 Å². The number of likely N-dealkylation sites (tertiary alicyclic amines) is 1. The summed E-state index contributed by atoms with van der Waals surface area (Å²) in [5.74, 6) is -0.673. The number of carboxylic acids is 1. The Morgan fingerprint density at radius 3 is 2.60 bits per heavy atom. The van der Waals surface area contributed by atoms with E-state index in [9.17, 15) is 9.59 Å². The Bertz CT molecular complexity index is 359. The first-order valence-corrected chi connectivity index (χ1v) is 7.86. The molecule has 114 valence electrons. The lowest BCUT2D eigenvalue weighted by Gasteiger charge is -2.33. The van der Waals surface area contributed by atoms with Crippen LogP contribution in [0.5, 0.6) is 0 Å². The average Bonchev–Trinajstić information content (AvgIpc) is 2.64. The second kappa shape index (κ2) is 6.95. The molecule has 0 bridgehead atoms. The maximum Gasteiger partial charge on any atom is 0.317 e. The van der Waals surface area contributed by atoms with Gasteiger partial charge in [0.2, 0.25) is 0 Å². The van der Waals surface area contributed by atoms with Crippen LogP contribution < -0.4 is 5.32 Å². The van der Waals surface area contributed by atoms with Crippen molar-refractivity contribution < 1.29 is 14.7 Å². The zero-order valence-corrected chi connectivity index (χ0v) is 12.3. The van der Waals surface area contributed by atoms with Crippen LogP contribution in [0.4, 0.5) is 4.79 Å². The lowest BCUT2D eigenvalue weighted by Crippen LogP contribution is -2.51. The minimum Gasteiger partial charge on any atom is -0.481 e. The third-order valence-corrected chi connectivity index (χ3v) is 4.73. The Balaban J connectivity index is 1.88. The summed E-state index contributed by atoms with van der Waals surface area (Å²) in [5, 5.41) is 12.2. The van der Waals surface area contributed by atoms with Crippen molar-refractivity contribution in [3.05, 3.63) is 0 Å². The molecule has 0 aromatic rings. The van der Waals surface area contributed by atoms with E-state index in [0.717, 1.165) is 12.8 Å². The molecule has 20 heavy (non-hydrogen) atoms. The number of piperidine rings is 1. The first kappa shape index (κ1) is 15.1. The minimum absolute atomic E-state index is 0.0744. The number of aliphatic carboxylic acids is 1. The molecule has 0 aromatic heterocycles. The smallest absolute Gasteiger partial charge is 0.317 e. The number of carboxylic acid groups (broad SMARTS) is 1. The van der Waals surface area contributed by atoms with Crippen LogP contribution in [0.15, 0.2) is 0 Å². The van der Waals surface area contributed by atoms with Gasteiger partial charge in [-0.2, -0.15) is 0 Å². The standard InChI is InChI=1S/C15H26N2O3/c1-11-6-3-2-4-8-13(11)16-15(20)17-9-5-7-12(10-17)14(18)19/h11-13H,2-10H2,1H3,(H,16,20)(H,18,19). The molecule has 0 radical (unpaired) electrons. The zero-order valence-electron chi connectivity index (χ0n) is 12.3. The second-order valence-corrected chi connectivity index (χ2v) is 6.29. The van der Waals surface area contributed by atoms with Crippen molar-refractivity contribution in [3.8, 4) is 0 Å². The van der Waals surface area contributed by atoms with Gasteiger partial charge in [-0.1, -0.05) is 26.2 Å². The van der Waals surface area contributed by atoms with Gasteiger partial charge in [-0.05, 0) is 31.6 Å². The van der Waals surface area contributed by atoms with Gasteiger partial charge in [0.1, 0.15) is 0 Å². The first-order chi connectivity index (χ1) is 9.58. The van der Waals surface area contributed by atoms with E-state index in [2.05, 4.69) is 12.2 Å². The SMILES string of the molecule is CC1CCCCCC1NC(=O)N1CCCC(C(=O)O)C1. The topological polar surface area (TPSA) is 69.6 Å². The number of carbonyl (C=O) groups is 2. The molecule has 5 heteroatoms. The molecule has 2 rings (SSSR count). The molecule has 0 spiro atoms. The molecule has 1 aliphatic carbocycles. The number of hydrogen-bond acceptors (Lipinski definition) is 2. The average molecular weight is 282 g/mol. The Morgan fingerprint density at radius 1 is 1.10 bits per heavy atom. The highest BCUT2D eigenvalue weighted by atomic mass is 16.4. The number of nitrogens with zero attached hydrogens (tertiary/aromatic N) is 1. The van der Waals surface area contributed by atoms with Crippen molar-refractivity contribution in [2.45, 2.75) is 57.9 Å². The Hall–Kier alpha value is -1.26. The number of hydrogen-bond donors (Lipinski definition) is 2. The van der Waals surface area contributed by atoms with Gasteiger partial charge in [0.15, 0.2) is 0 Å². The van der Waals surface area contributed by atoms with Crippen molar-refractivity contribution in [3.63, 3.8) is 0 Å². The van der Waals surface area contributed by atoms with E-state index in [4.69, 9.17) is 5.11 Å². The Kier molecular flexibility index (Phi) is 5.26. The molecule has 2 N–H and O–H groups in total. The van der Waals surface area contributed by atoms with Crippen molar-refractivity contribution in [1.82, 2.24) is 10.2 Å². The van der Waals surface area contributed by atoms with Crippen LogP contribution in [0.1, 0.15) is 51.9 Å². The summed E-state index contributed by atoms with van der Waals surface area (Å²) >= 11 is 0. The first-order valence-electron chi connectivity index (χ1n) is 7.86. The fourth-order valence-corrected chi connectivity index (χ4v) is 3.32. The van der Waals surface area contributed by atoms with Gasteiger partial charge < -0.3 is 15.3 Å². The fourth-order valence-electron chi connectivity index (χ4n) is 3.32. The summed E-state index contributed by atoms with van der Waals surface area (Å²) < 4.78 is 0. The molecule has 2 fully saturated rings. The van der Waals surface area contributed by atoms with E-state index >= 15 is 0 Å². The summed E-state index contributed by atoms with van der Waals surface area (Å²) in [7, 11) is 0. The van der Waals surface area contributed by atoms with Crippen LogP contribution in [-0.2, 0) is 4.79 Å². The van der Waals surface area contributed by atoms with Crippen molar-refractivity contribution in [2.75, 3.05) is 13.1 Å². The number of amides is 2. The molecular weight excluding hydrogens is 256 g/mol. The van der Waals surface area contributed by atoms with E-state index in [1.165, 1.54) is 25.7 Å². The molecule has 0 aromatic carbocycles. The van der Waals surface area contributed by atoms with Crippen LogP contribution in [0.3, 0.4) is 0 Å². The van der Waals surface area contributed by atoms with E-state index in [1.807, 2.05) is 0 Å². The highest BCUT2D eigenvalue weighted by Crippen LogP contribution is 2.23. The molecule has 3 atom stereocenters. The number of nitrogens with one attached hydrogen (secondary N) is 1. The highest BCUT2D eigenvalue weighted by Gasteiger charge is 2.30. The van der Waals surface area contributed by atoms with Crippen LogP contribution in [0.2, 0.25) is 0 Å². The maximum absolute atomic E-state index is 12.3. The van der Waals surface area contributed by atoms with E-state index < -0.39 is 11.9 Å². The molecule has 3 unspecified atom stereocenters. The van der Waals surface area contributed by atoms with Crippen LogP contribution in [0, 0.1) is 11.8 Å². The van der Waals surface area contributed by atoms with Gasteiger partial charge >= 0.3 is 12.0 Å². The van der Waals surface area contributed by atoms with Crippen LogP contribution >= 0.6 is 0 Å².